The first kappa shape index (κ1) is 17.4. The summed E-state index contributed by atoms with van der Waals surface area (Å²) < 4.78 is 9.67. The highest BCUT2D eigenvalue weighted by Gasteiger charge is 2.27. The van der Waals surface area contributed by atoms with Gasteiger partial charge >= 0.3 is 12.1 Å². The fraction of sp³-hybridized carbons (Fsp3) is 0.769. The van der Waals surface area contributed by atoms with Gasteiger partial charge in [-0.25, -0.2) is 9.59 Å². The maximum Gasteiger partial charge on any atom is 0.408 e. The first-order valence-electron chi connectivity index (χ1n) is 6.14. The van der Waals surface area contributed by atoms with Gasteiger partial charge in [-0.1, -0.05) is 6.92 Å². The number of hydrogen-bond donors (Lipinski definition) is 1. The number of esters is 1. The van der Waals surface area contributed by atoms with E-state index in [-0.39, 0.29) is 18.1 Å². The van der Waals surface area contributed by atoms with Crippen LogP contribution in [0.3, 0.4) is 0 Å². The largest absolute Gasteiger partial charge is 0.467 e. The van der Waals surface area contributed by atoms with Crippen LogP contribution in [0.15, 0.2) is 0 Å². The summed E-state index contributed by atoms with van der Waals surface area (Å²) in [5.41, 5.74) is -0.656. The minimum Gasteiger partial charge on any atom is -0.467 e. The SMILES string of the molecule is COC(=O)[C@H](C[C@H](C)C(C)=O)NC(=O)OC(C)(C)C. The van der Waals surface area contributed by atoms with Crippen LogP contribution in [0.5, 0.6) is 0 Å². The van der Waals surface area contributed by atoms with Gasteiger partial charge in [-0.3, -0.25) is 4.79 Å². The van der Waals surface area contributed by atoms with Crippen molar-refractivity contribution < 1.29 is 23.9 Å². The Hall–Kier alpha value is -1.59. The van der Waals surface area contributed by atoms with Crippen molar-refractivity contribution in [2.45, 2.75) is 52.7 Å². The second-order valence-electron chi connectivity index (χ2n) is 5.47. The van der Waals surface area contributed by atoms with E-state index >= 15 is 0 Å². The van der Waals surface area contributed by atoms with Gasteiger partial charge in [-0.05, 0) is 34.1 Å². The zero-order chi connectivity index (χ0) is 15.2. The Labute approximate surface area is 113 Å². The molecule has 0 spiro atoms. The first-order valence-corrected chi connectivity index (χ1v) is 6.14. The predicted octanol–water partition coefficient (Wildman–Crippen LogP) is 1.67. The average Bonchev–Trinajstić information content (AvgIpc) is 2.24. The highest BCUT2D eigenvalue weighted by atomic mass is 16.6. The molecule has 19 heavy (non-hydrogen) atoms. The van der Waals surface area contributed by atoms with Crippen molar-refractivity contribution >= 4 is 17.8 Å². The van der Waals surface area contributed by atoms with Gasteiger partial charge in [0.2, 0.25) is 0 Å². The highest BCUT2D eigenvalue weighted by molar-refractivity contribution is 5.83. The van der Waals surface area contributed by atoms with Crippen LogP contribution in [-0.2, 0) is 19.1 Å². The molecule has 0 unspecified atom stereocenters. The molecule has 1 amide bonds. The third-order valence-electron chi connectivity index (χ3n) is 2.46. The topological polar surface area (TPSA) is 81.7 Å². The van der Waals surface area contributed by atoms with Gasteiger partial charge in [0.15, 0.2) is 0 Å². The minimum absolute atomic E-state index is 0.0557. The Kier molecular flexibility index (Phi) is 6.52. The summed E-state index contributed by atoms with van der Waals surface area (Å²) in [4.78, 5) is 34.4. The van der Waals surface area contributed by atoms with Gasteiger partial charge in [-0.2, -0.15) is 0 Å². The molecule has 0 aliphatic carbocycles. The number of ketones is 1. The lowest BCUT2D eigenvalue weighted by Gasteiger charge is -2.23. The van der Waals surface area contributed by atoms with Gasteiger partial charge in [0.05, 0.1) is 7.11 Å². The third kappa shape index (κ3) is 7.43. The molecule has 6 nitrogen and oxygen atoms in total. The number of ether oxygens (including phenoxy) is 2. The van der Waals surface area contributed by atoms with E-state index in [9.17, 15) is 14.4 Å². The zero-order valence-corrected chi connectivity index (χ0v) is 12.4. The standard InChI is InChI=1S/C13H23NO5/c1-8(9(2)15)7-10(11(16)18-6)14-12(17)19-13(3,4)5/h8,10H,7H2,1-6H3,(H,14,17)/t8-,10-/m0/s1. The number of alkyl carbamates (subject to hydrolysis) is 1. The molecule has 6 heteroatoms. The fourth-order valence-corrected chi connectivity index (χ4v) is 1.33. The van der Waals surface area contributed by atoms with Crippen LogP contribution in [0.2, 0.25) is 0 Å². The lowest BCUT2D eigenvalue weighted by molar-refractivity contribution is -0.143. The second kappa shape index (κ2) is 7.11. The Bertz CT molecular complexity index is 345. The van der Waals surface area contributed by atoms with Crippen molar-refractivity contribution in [2.24, 2.45) is 5.92 Å². The van der Waals surface area contributed by atoms with Gasteiger partial charge in [0.25, 0.3) is 0 Å². The Morgan fingerprint density at radius 2 is 1.74 bits per heavy atom. The smallest absolute Gasteiger partial charge is 0.408 e. The maximum absolute atomic E-state index is 11.6. The van der Waals surface area contributed by atoms with E-state index in [1.165, 1.54) is 14.0 Å². The van der Waals surface area contributed by atoms with E-state index < -0.39 is 23.7 Å². The van der Waals surface area contributed by atoms with Crippen LogP contribution < -0.4 is 5.32 Å². The summed E-state index contributed by atoms with van der Waals surface area (Å²) in [6.07, 6.45) is -0.528. The molecule has 0 aliphatic heterocycles. The molecule has 0 aromatic rings. The van der Waals surface area contributed by atoms with E-state index in [2.05, 4.69) is 10.1 Å². The minimum atomic E-state index is -0.890. The summed E-state index contributed by atoms with van der Waals surface area (Å²) in [6.45, 7) is 8.29. The number of hydrogen-bond acceptors (Lipinski definition) is 5. The summed E-state index contributed by atoms with van der Waals surface area (Å²) >= 11 is 0. The van der Waals surface area contributed by atoms with Crippen molar-refractivity contribution in [1.82, 2.24) is 5.32 Å². The summed E-state index contributed by atoms with van der Waals surface area (Å²) in [5, 5.41) is 2.42. The Morgan fingerprint density at radius 1 is 1.21 bits per heavy atom. The fourth-order valence-electron chi connectivity index (χ4n) is 1.33. The van der Waals surface area contributed by atoms with Crippen LogP contribution in [0.4, 0.5) is 4.79 Å². The molecule has 0 radical (unpaired) electrons. The number of rotatable bonds is 5. The molecule has 0 saturated heterocycles. The third-order valence-corrected chi connectivity index (χ3v) is 2.46. The summed E-state index contributed by atoms with van der Waals surface area (Å²) in [7, 11) is 1.23. The van der Waals surface area contributed by atoms with Crippen molar-refractivity contribution in [3.05, 3.63) is 0 Å². The number of amides is 1. The Morgan fingerprint density at radius 3 is 2.11 bits per heavy atom. The van der Waals surface area contributed by atoms with Crippen molar-refractivity contribution in [2.75, 3.05) is 7.11 Å². The molecule has 2 atom stereocenters. The molecule has 0 bridgehead atoms. The zero-order valence-electron chi connectivity index (χ0n) is 12.4. The van der Waals surface area contributed by atoms with Crippen molar-refractivity contribution in [3.63, 3.8) is 0 Å². The van der Waals surface area contributed by atoms with Crippen LogP contribution in [0.1, 0.15) is 41.0 Å². The van der Waals surface area contributed by atoms with Gasteiger partial charge in [-0.15, -0.1) is 0 Å². The lowest BCUT2D eigenvalue weighted by atomic mass is 9.98. The number of Topliss-reactive ketones (excluding diaryl/α,β-unsaturated/α-hetero) is 1. The summed E-state index contributed by atoms with van der Waals surface area (Å²) in [6, 6.07) is -0.890. The normalized spacial score (nSPS) is 14.2. The average molecular weight is 273 g/mol. The van der Waals surface area contributed by atoms with Gasteiger partial charge in [0, 0.05) is 5.92 Å². The molecule has 1 N–H and O–H groups in total. The molecular formula is C13H23NO5. The number of nitrogens with one attached hydrogen (secondary N) is 1. The van der Waals surface area contributed by atoms with E-state index in [4.69, 9.17) is 4.74 Å². The highest BCUT2D eigenvalue weighted by Crippen LogP contribution is 2.11. The van der Waals surface area contributed by atoms with Crippen molar-refractivity contribution in [3.8, 4) is 0 Å². The quantitative estimate of drug-likeness (QED) is 0.770. The molecule has 0 saturated carbocycles. The summed E-state index contributed by atoms with van der Waals surface area (Å²) in [5.74, 6) is -1.00. The van der Waals surface area contributed by atoms with Crippen LogP contribution in [-0.4, -0.2) is 36.6 Å². The van der Waals surface area contributed by atoms with E-state index in [1.54, 1.807) is 27.7 Å². The first-order chi connectivity index (χ1) is 8.56. The van der Waals surface area contributed by atoms with Gasteiger partial charge in [0.1, 0.15) is 17.4 Å². The van der Waals surface area contributed by atoms with Crippen LogP contribution in [0.25, 0.3) is 0 Å². The number of methoxy groups -OCH3 is 1. The molecule has 0 aromatic heterocycles. The molecule has 110 valence electrons. The second-order valence-corrected chi connectivity index (χ2v) is 5.47. The molecule has 0 aromatic carbocycles. The van der Waals surface area contributed by atoms with E-state index in [1.807, 2.05) is 0 Å². The van der Waals surface area contributed by atoms with Crippen molar-refractivity contribution in [1.29, 1.82) is 0 Å². The maximum atomic E-state index is 11.6. The van der Waals surface area contributed by atoms with Crippen LogP contribution >= 0.6 is 0 Å². The molecular weight excluding hydrogens is 250 g/mol. The number of carbonyl (C=O) groups excluding carboxylic acids is 3. The number of carbonyl (C=O) groups is 3. The molecule has 0 fully saturated rings. The van der Waals surface area contributed by atoms with E-state index in [0.717, 1.165) is 0 Å². The Balaban J connectivity index is 4.65. The monoisotopic (exact) mass is 273 g/mol. The van der Waals surface area contributed by atoms with Gasteiger partial charge < -0.3 is 14.8 Å². The molecule has 0 rings (SSSR count). The molecule has 0 aliphatic rings. The van der Waals surface area contributed by atoms with Crippen LogP contribution in [0, 0.1) is 5.92 Å². The van der Waals surface area contributed by atoms with E-state index in [0.29, 0.717) is 0 Å². The molecule has 0 heterocycles. The predicted molar refractivity (Wildman–Crippen MR) is 69.6 cm³/mol. The lowest BCUT2D eigenvalue weighted by Crippen LogP contribution is -2.45.